The summed E-state index contributed by atoms with van der Waals surface area (Å²) in [7, 11) is 0. The minimum atomic E-state index is -5.28. The van der Waals surface area contributed by atoms with Crippen molar-refractivity contribution in [3.05, 3.63) is 72.6 Å². The molecule has 2 atom stereocenters. The van der Waals surface area contributed by atoms with Gasteiger partial charge in [0.2, 0.25) is 5.91 Å². The van der Waals surface area contributed by atoms with Crippen LogP contribution < -0.4 is 10.6 Å². The van der Waals surface area contributed by atoms with Gasteiger partial charge in [-0.15, -0.1) is 0 Å². The molecule has 0 spiro atoms. The molecule has 0 radical (unpaired) electrons. The number of hydrogen-bond donors (Lipinski definition) is 2. The van der Waals surface area contributed by atoms with E-state index in [2.05, 4.69) is 31.9 Å². The molecule has 0 bridgehead atoms. The molecule has 2 aromatic carbocycles. The van der Waals surface area contributed by atoms with Crippen LogP contribution in [0, 0.1) is 0 Å². The Hall–Kier alpha value is -2.33. The molecule has 4 nitrogen and oxygen atoms in total. The zero-order chi connectivity index (χ0) is 31.5. The third kappa shape index (κ3) is 10.2. The first-order chi connectivity index (χ1) is 18.6. The molecule has 2 aromatic rings. The van der Waals surface area contributed by atoms with Crippen molar-refractivity contribution in [3.63, 3.8) is 0 Å². The van der Waals surface area contributed by atoms with E-state index >= 15 is 4.39 Å². The summed E-state index contributed by atoms with van der Waals surface area (Å²) in [5.74, 6) is -6.88. The number of rotatable bonds is 8. The Morgan fingerprint density at radius 3 is 2.00 bits per heavy atom. The van der Waals surface area contributed by atoms with Gasteiger partial charge in [-0.1, -0.05) is 17.7 Å². The standard InChI is InChI=1S/C24H17Br2ClF10N2O2/c1-10(38-19(40)4-5-22(29,30)31)39-21(41)13-3-2-11(6-15(13)24(35,36)37)18(28)9-14(23(32,33)34)12-7-16(25)20(27)17(26)8-12/h2-3,6-10,14H,4-5H2,1H3,(H,38,40)(H,39,41)/b18-9-. The Kier molecular flexibility index (Phi) is 11.3. The van der Waals surface area contributed by atoms with Crippen LogP contribution in [-0.2, 0) is 11.0 Å². The molecule has 0 heterocycles. The first-order valence-corrected chi connectivity index (χ1v) is 13.0. The highest BCUT2D eigenvalue weighted by Crippen LogP contribution is 2.43. The minimum absolute atomic E-state index is 0.0259. The summed E-state index contributed by atoms with van der Waals surface area (Å²) in [6.45, 7) is 1.07. The minimum Gasteiger partial charge on any atom is -0.336 e. The quantitative estimate of drug-likeness (QED) is 0.161. The fourth-order valence-electron chi connectivity index (χ4n) is 3.38. The van der Waals surface area contributed by atoms with Crippen molar-refractivity contribution in [3.8, 4) is 0 Å². The summed E-state index contributed by atoms with van der Waals surface area (Å²) in [5.41, 5.74) is -4.21. The number of benzene rings is 2. The predicted octanol–water partition coefficient (Wildman–Crippen LogP) is 9.07. The number of allylic oxidation sites excluding steroid dienone is 1. The number of hydrogen-bond acceptors (Lipinski definition) is 2. The summed E-state index contributed by atoms with van der Waals surface area (Å²) in [5, 5.41) is 3.93. The van der Waals surface area contributed by atoms with Gasteiger partial charge in [-0.25, -0.2) is 4.39 Å². The van der Waals surface area contributed by atoms with Crippen LogP contribution in [0.5, 0.6) is 0 Å². The molecule has 0 aromatic heterocycles. The van der Waals surface area contributed by atoms with Crippen molar-refractivity contribution in [1.82, 2.24) is 10.6 Å². The number of halogens is 13. The molecule has 226 valence electrons. The van der Waals surface area contributed by atoms with E-state index in [1.54, 1.807) is 0 Å². The van der Waals surface area contributed by atoms with Gasteiger partial charge in [-0.2, -0.15) is 39.5 Å². The number of nitrogens with one attached hydrogen (secondary N) is 2. The van der Waals surface area contributed by atoms with Crippen LogP contribution in [0.1, 0.15) is 52.7 Å². The smallest absolute Gasteiger partial charge is 0.336 e. The van der Waals surface area contributed by atoms with Gasteiger partial charge < -0.3 is 10.6 Å². The van der Waals surface area contributed by atoms with E-state index in [9.17, 15) is 49.1 Å². The third-order valence-electron chi connectivity index (χ3n) is 5.24. The maximum Gasteiger partial charge on any atom is 0.417 e. The van der Waals surface area contributed by atoms with Crippen molar-refractivity contribution >= 4 is 61.1 Å². The Morgan fingerprint density at radius 2 is 1.51 bits per heavy atom. The lowest BCUT2D eigenvalue weighted by molar-refractivity contribution is -0.144. The van der Waals surface area contributed by atoms with E-state index in [0.29, 0.717) is 12.1 Å². The van der Waals surface area contributed by atoms with Crippen LogP contribution in [0.15, 0.2) is 45.4 Å². The van der Waals surface area contributed by atoms with Gasteiger partial charge in [0.05, 0.1) is 28.7 Å². The monoisotopic (exact) mass is 748 g/mol. The van der Waals surface area contributed by atoms with Gasteiger partial charge in [-0.3, -0.25) is 9.59 Å². The summed E-state index contributed by atoms with van der Waals surface area (Å²) in [4.78, 5) is 24.1. The SMILES string of the molecule is CC(NC(=O)CCC(F)(F)F)NC(=O)c1ccc(/C(F)=C/C(c2cc(Br)c(Cl)c(Br)c2)C(F)(F)F)cc1C(F)(F)F. The van der Waals surface area contributed by atoms with Gasteiger partial charge in [0, 0.05) is 20.9 Å². The van der Waals surface area contributed by atoms with E-state index in [-0.39, 0.29) is 26.1 Å². The first-order valence-electron chi connectivity index (χ1n) is 11.1. The molecule has 2 rings (SSSR count). The van der Waals surface area contributed by atoms with E-state index in [4.69, 9.17) is 11.6 Å². The number of carbonyl (C=O) groups excluding carboxylic acids is 2. The fourth-order valence-corrected chi connectivity index (χ4v) is 4.71. The van der Waals surface area contributed by atoms with Crippen molar-refractivity contribution in [1.29, 1.82) is 0 Å². The second kappa shape index (κ2) is 13.3. The lowest BCUT2D eigenvalue weighted by Crippen LogP contribution is -2.46. The predicted molar refractivity (Wildman–Crippen MR) is 137 cm³/mol. The van der Waals surface area contributed by atoms with E-state index in [1.165, 1.54) is 0 Å². The van der Waals surface area contributed by atoms with Crippen LogP contribution in [-0.4, -0.2) is 30.3 Å². The normalized spacial score (nSPS) is 14.4. The highest BCUT2D eigenvalue weighted by Gasteiger charge is 2.41. The van der Waals surface area contributed by atoms with Gasteiger partial charge in [0.1, 0.15) is 11.7 Å². The van der Waals surface area contributed by atoms with E-state index in [1.807, 2.05) is 10.6 Å². The Labute approximate surface area is 247 Å². The van der Waals surface area contributed by atoms with Gasteiger partial charge in [0.25, 0.3) is 5.91 Å². The molecule has 0 saturated heterocycles. The lowest BCUT2D eigenvalue weighted by atomic mass is 9.95. The second-order valence-corrected chi connectivity index (χ2v) is 10.6. The first kappa shape index (κ1) is 34.9. The number of amides is 2. The zero-order valence-corrected chi connectivity index (χ0v) is 24.2. The Bertz CT molecular complexity index is 1300. The zero-order valence-electron chi connectivity index (χ0n) is 20.3. The third-order valence-corrected chi connectivity index (χ3v) is 7.35. The fraction of sp³-hybridized carbons (Fsp3) is 0.333. The average Bonchev–Trinajstić information content (AvgIpc) is 2.82. The van der Waals surface area contributed by atoms with Crippen LogP contribution in [0.4, 0.5) is 43.9 Å². The van der Waals surface area contributed by atoms with Crippen LogP contribution >= 0.6 is 43.5 Å². The summed E-state index contributed by atoms with van der Waals surface area (Å²) < 4.78 is 134. The molecule has 2 unspecified atom stereocenters. The Morgan fingerprint density at radius 1 is 0.951 bits per heavy atom. The average molecular weight is 751 g/mol. The second-order valence-electron chi connectivity index (χ2n) is 8.47. The van der Waals surface area contributed by atoms with Crippen molar-refractivity contribution in [2.45, 2.75) is 50.4 Å². The van der Waals surface area contributed by atoms with Gasteiger partial charge in [0.15, 0.2) is 0 Å². The molecule has 0 fully saturated rings. The summed E-state index contributed by atoms with van der Waals surface area (Å²) in [6, 6.07) is 3.22. The molecule has 41 heavy (non-hydrogen) atoms. The highest BCUT2D eigenvalue weighted by atomic mass is 79.9. The van der Waals surface area contributed by atoms with Crippen LogP contribution in [0.3, 0.4) is 0 Å². The molecule has 2 amide bonds. The maximum absolute atomic E-state index is 15.0. The Balaban J connectivity index is 2.39. The molecule has 0 saturated carbocycles. The molecule has 0 aliphatic carbocycles. The van der Waals surface area contributed by atoms with Crippen molar-refractivity contribution in [2.24, 2.45) is 0 Å². The van der Waals surface area contributed by atoms with E-state index < -0.39 is 83.3 Å². The van der Waals surface area contributed by atoms with Gasteiger partial charge in [-0.05, 0) is 74.7 Å². The molecule has 2 N–H and O–H groups in total. The summed E-state index contributed by atoms with van der Waals surface area (Å²) >= 11 is 11.8. The van der Waals surface area contributed by atoms with Crippen LogP contribution in [0.2, 0.25) is 5.02 Å². The van der Waals surface area contributed by atoms with Crippen molar-refractivity contribution in [2.75, 3.05) is 0 Å². The molecule has 0 aliphatic rings. The number of carbonyl (C=O) groups is 2. The van der Waals surface area contributed by atoms with E-state index in [0.717, 1.165) is 19.1 Å². The number of alkyl halides is 9. The molecule has 17 heteroatoms. The lowest BCUT2D eigenvalue weighted by Gasteiger charge is -2.20. The topological polar surface area (TPSA) is 58.2 Å². The van der Waals surface area contributed by atoms with Gasteiger partial charge >= 0.3 is 18.5 Å². The molecule has 0 aliphatic heterocycles. The maximum atomic E-state index is 15.0. The molecular weight excluding hydrogens is 734 g/mol. The summed E-state index contributed by atoms with van der Waals surface area (Å²) in [6.07, 6.45) is -18.8. The molecular formula is C24H17Br2ClF10N2O2. The highest BCUT2D eigenvalue weighted by molar-refractivity contribution is 9.11. The van der Waals surface area contributed by atoms with Crippen LogP contribution in [0.25, 0.3) is 5.83 Å². The van der Waals surface area contributed by atoms with Crippen molar-refractivity contribution < 1.29 is 53.5 Å². The largest absolute Gasteiger partial charge is 0.417 e.